The molecule has 3 aromatic rings. The Labute approximate surface area is 197 Å². The molecular formula is C23H26Cl2N4O3. The van der Waals surface area contributed by atoms with E-state index in [-0.39, 0.29) is 18.9 Å². The highest BCUT2D eigenvalue weighted by molar-refractivity contribution is 6.36. The first-order valence-corrected chi connectivity index (χ1v) is 11.3. The van der Waals surface area contributed by atoms with Crippen LogP contribution in [0.3, 0.4) is 0 Å². The molecule has 2 heterocycles. The standard InChI is InChI=1S/C23H26Cl2N4O3/c1-3-9-28(10-4-2)20(30)12-19-22(27-23-18(25)11-16(24)14-29(19)23)15-5-7-17(8-6-15)32-21(31)13-26/h5-8,11,14H,3-4,9-10,12-13,26H2,1-2H3. The maximum atomic E-state index is 13.1. The van der Waals surface area contributed by atoms with E-state index in [0.29, 0.717) is 45.9 Å². The molecule has 3 rings (SSSR count). The van der Waals surface area contributed by atoms with E-state index in [1.54, 1.807) is 40.9 Å². The topological polar surface area (TPSA) is 89.9 Å². The van der Waals surface area contributed by atoms with E-state index < -0.39 is 5.97 Å². The highest BCUT2D eigenvalue weighted by Gasteiger charge is 2.22. The molecule has 1 aromatic carbocycles. The molecule has 0 radical (unpaired) electrons. The van der Waals surface area contributed by atoms with Crippen molar-refractivity contribution in [3.05, 3.63) is 52.3 Å². The molecule has 0 spiro atoms. The number of amides is 1. The van der Waals surface area contributed by atoms with Crippen molar-refractivity contribution in [1.82, 2.24) is 14.3 Å². The van der Waals surface area contributed by atoms with Crippen molar-refractivity contribution in [2.45, 2.75) is 33.1 Å². The number of nitrogens with zero attached hydrogens (tertiary/aromatic N) is 3. The molecule has 2 aromatic heterocycles. The second-order valence-electron chi connectivity index (χ2n) is 7.37. The van der Waals surface area contributed by atoms with Gasteiger partial charge >= 0.3 is 5.97 Å². The highest BCUT2D eigenvalue weighted by Crippen LogP contribution is 2.31. The van der Waals surface area contributed by atoms with Gasteiger partial charge in [-0.1, -0.05) is 37.0 Å². The van der Waals surface area contributed by atoms with Gasteiger partial charge in [-0.2, -0.15) is 0 Å². The molecule has 0 unspecified atom stereocenters. The van der Waals surface area contributed by atoms with Crippen LogP contribution in [0.1, 0.15) is 32.4 Å². The minimum atomic E-state index is -0.523. The van der Waals surface area contributed by atoms with Crippen LogP contribution in [0.5, 0.6) is 5.75 Å². The fourth-order valence-electron chi connectivity index (χ4n) is 3.53. The minimum Gasteiger partial charge on any atom is -0.426 e. The van der Waals surface area contributed by atoms with Crippen molar-refractivity contribution in [1.29, 1.82) is 0 Å². The molecule has 0 saturated carbocycles. The molecule has 7 nitrogen and oxygen atoms in total. The summed E-state index contributed by atoms with van der Waals surface area (Å²) >= 11 is 12.6. The predicted molar refractivity (Wildman–Crippen MR) is 126 cm³/mol. The number of hydrogen-bond acceptors (Lipinski definition) is 5. The summed E-state index contributed by atoms with van der Waals surface area (Å²) in [7, 11) is 0. The molecule has 0 bridgehead atoms. The number of benzene rings is 1. The van der Waals surface area contributed by atoms with Crippen LogP contribution < -0.4 is 10.5 Å². The van der Waals surface area contributed by atoms with Crippen molar-refractivity contribution >= 4 is 40.7 Å². The van der Waals surface area contributed by atoms with E-state index in [1.807, 2.05) is 18.7 Å². The van der Waals surface area contributed by atoms with E-state index >= 15 is 0 Å². The quantitative estimate of drug-likeness (QED) is 0.365. The Morgan fingerprint density at radius 3 is 2.38 bits per heavy atom. The van der Waals surface area contributed by atoms with Crippen LogP contribution in [-0.4, -0.2) is 45.8 Å². The third-order valence-corrected chi connectivity index (χ3v) is 5.41. The van der Waals surface area contributed by atoms with Crippen LogP contribution in [0.25, 0.3) is 16.9 Å². The van der Waals surface area contributed by atoms with E-state index in [0.717, 1.165) is 18.4 Å². The molecule has 2 N–H and O–H groups in total. The van der Waals surface area contributed by atoms with Crippen LogP contribution in [0.4, 0.5) is 0 Å². The van der Waals surface area contributed by atoms with E-state index in [9.17, 15) is 9.59 Å². The zero-order valence-electron chi connectivity index (χ0n) is 18.1. The Bertz CT molecular complexity index is 1110. The van der Waals surface area contributed by atoms with E-state index in [2.05, 4.69) is 0 Å². The van der Waals surface area contributed by atoms with Crippen molar-refractivity contribution in [3.63, 3.8) is 0 Å². The molecule has 0 fully saturated rings. The van der Waals surface area contributed by atoms with Crippen LogP contribution >= 0.6 is 23.2 Å². The molecule has 0 aliphatic heterocycles. The monoisotopic (exact) mass is 476 g/mol. The lowest BCUT2D eigenvalue weighted by Crippen LogP contribution is -2.34. The maximum Gasteiger partial charge on any atom is 0.325 e. The third kappa shape index (κ3) is 5.41. The van der Waals surface area contributed by atoms with Gasteiger partial charge in [0.2, 0.25) is 5.91 Å². The smallest absolute Gasteiger partial charge is 0.325 e. The number of imidazole rings is 1. The zero-order valence-corrected chi connectivity index (χ0v) is 19.6. The predicted octanol–water partition coefficient (Wildman–Crippen LogP) is 4.36. The third-order valence-electron chi connectivity index (χ3n) is 4.93. The van der Waals surface area contributed by atoms with Crippen molar-refractivity contribution in [2.24, 2.45) is 5.73 Å². The number of esters is 1. The Hall–Kier alpha value is -2.61. The number of carbonyl (C=O) groups excluding carboxylic acids is 2. The van der Waals surface area contributed by atoms with E-state index in [4.69, 9.17) is 38.7 Å². The minimum absolute atomic E-state index is 0.0151. The molecular weight excluding hydrogens is 451 g/mol. The molecule has 1 amide bonds. The first-order chi connectivity index (χ1) is 15.4. The Balaban J connectivity index is 2.05. The second kappa shape index (κ2) is 10.8. The fourth-order valence-corrected chi connectivity index (χ4v) is 4.04. The molecule has 0 atom stereocenters. The molecule has 32 heavy (non-hydrogen) atoms. The summed E-state index contributed by atoms with van der Waals surface area (Å²) in [6, 6.07) is 8.50. The Kier molecular flexibility index (Phi) is 8.12. The summed E-state index contributed by atoms with van der Waals surface area (Å²) in [5, 5.41) is 0.841. The summed E-state index contributed by atoms with van der Waals surface area (Å²) < 4.78 is 6.91. The number of nitrogens with two attached hydrogens (primary N) is 1. The van der Waals surface area contributed by atoms with Crippen molar-refractivity contribution in [3.8, 4) is 17.0 Å². The lowest BCUT2D eigenvalue weighted by molar-refractivity contribution is -0.133. The second-order valence-corrected chi connectivity index (χ2v) is 8.21. The van der Waals surface area contributed by atoms with Gasteiger partial charge in [-0.15, -0.1) is 0 Å². The average Bonchev–Trinajstić information content (AvgIpc) is 3.12. The van der Waals surface area contributed by atoms with Crippen LogP contribution in [0.15, 0.2) is 36.5 Å². The van der Waals surface area contributed by atoms with Gasteiger partial charge in [0.25, 0.3) is 0 Å². The molecule has 0 aliphatic carbocycles. The number of rotatable bonds is 9. The summed E-state index contributed by atoms with van der Waals surface area (Å²) in [6.07, 6.45) is 3.62. The number of pyridine rings is 1. The first-order valence-electron chi connectivity index (χ1n) is 10.5. The summed E-state index contributed by atoms with van der Waals surface area (Å²) in [5.74, 6) is -0.129. The highest BCUT2D eigenvalue weighted by atomic mass is 35.5. The first kappa shape index (κ1) is 24.0. The number of carbonyl (C=O) groups is 2. The largest absolute Gasteiger partial charge is 0.426 e. The fraction of sp³-hybridized carbons (Fsp3) is 0.348. The number of hydrogen-bond donors (Lipinski definition) is 1. The molecule has 0 saturated heterocycles. The zero-order chi connectivity index (χ0) is 23.3. The SMILES string of the molecule is CCCN(CCC)C(=O)Cc1c(-c2ccc(OC(=O)CN)cc2)nc2c(Cl)cc(Cl)cn12. The Morgan fingerprint density at radius 1 is 1.12 bits per heavy atom. The van der Waals surface area contributed by atoms with Crippen LogP contribution in [0.2, 0.25) is 10.0 Å². The average molecular weight is 477 g/mol. The van der Waals surface area contributed by atoms with E-state index in [1.165, 1.54) is 0 Å². The number of fused-ring (bicyclic) bond motifs is 1. The van der Waals surface area contributed by atoms with Gasteiger partial charge < -0.3 is 19.8 Å². The number of aromatic nitrogens is 2. The number of halogens is 2. The maximum absolute atomic E-state index is 13.1. The number of ether oxygens (including phenoxy) is 1. The molecule has 9 heteroatoms. The van der Waals surface area contributed by atoms with Gasteiger partial charge in [-0.3, -0.25) is 9.59 Å². The normalized spacial score (nSPS) is 11.0. The molecule has 170 valence electrons. The summed E-state index contributed by atoms with van der Waals surface area (Å²) in [5.41, 5.74) is 7.88. The van der Waals surface area contributed by atoms with Gasteiger partial charge in [-0.05, 0) is 43.2 Å². The summed E-state index contributed by atoms with van der Waals surface area (Å²) in [4.78, 5) is 31.2. The van der Waals surface area contributed by atoms with Gasteiger partial charge in [0.1, 0.15) is 5.75 Å². The lowest BCUT2D eigenvalue weighted by atomic mass is 10.1. The van der Waals surface area contributed by atoms with Crippen molar-refractivity contribution < 1.29 is 14.3 Å². The summed E-state index contributed by atoms with van der Waals surface area (Å²) in [6.45, 7) is 5.29. The van der Waals surface area contributed by atoms with Gasteiger partial charge in [0, 0.05) is 24.8 Å². The van der Waals surface area contributed by atoms with Gasteiger partial charge in [0.05, 0.1) is 34.4 Å². The van der Waals surface area contributed by atoms with Gasteiger partial charge in [0.15, 0.2) is 5.65 Å². The van der Waals surface area contributed by atoms with Crippen LogP contribution in [0, 0.1) is 0 Å². The Morgan fingerprint density at radius 2 is 1.78 bits per heavy atom. The van der Waals surface area contributed by atoms with Gasteiger partial charge in [-0.25, -0.2) is 4.98 Å². The molecule has 0 aliphatic rings. The lowest BCUT2D eigenvalue weighted by Gasteiger charge is -2.21. The van der Waals surface area contributed by atoms with Crippen LogP contribution in [-0.2, 0) is 16.0 Å². The van der Waals surface area contributed by atoms with Crippen molar-refractivity contribution in [2.75, 3.05) is 19.6 Å².